The van der Waals surface area contributed by atoms with Crippen LogP contribution in [0.5, 0.6) is 0 Å². The molecule has 1 rings (SSSR count). The Morgan fingerprint density at radius 1 is 1.73 bits per heavy atom. The van der Waals surface area contributed by atoms with Gasteiger partial charge in [0.25, 0.3) is 5.91 Å². The van der Waals surface area contributed by atoms with E-state index in [0.717, 1.165) is 19.3 Å². The van der Waals surface area contributed by atoms with Crippen molar-refractivity contribution in [3.05, 3.63) is 0 Å². The Kier molecular flexibility index (Phi) is 4.10. The lowest BCUT2D eigenvalue weighted by Crippen LogP contribution is -2.47. The van der Waals surface area contributed by atoms with Gasteiger partial charge in [-0.05, 0) is 26.2 Å². The summed E-state index contributed by atoms with van der Waals surface area (Å²) in [5.74, 6) is -0.0814. The second-order valence-corrected chi connectivity index (χ2v) is 4.12. The van der Waals surface area contributed by atoms with Crippen LogP contribution < -0.4 is 5.32 Å². The number of hydrogen-bond donors (Lipinski definition) is 1. The molecule has 2 atom stereocenters. The zero-order valence-corrected chi connectivity index (χ0v) is 9.38. The molecule has 1 amide bonds. The van der Waals surface area contributed by atoms with E-state index in [-0.39, 0.29) is 11.9 Å². The second-order valence-electron chi connectivity index (χ2n) is 4.12. The van der Waals surface area contributed by atoms with Crippen molar-refractivity contribution in [3.8, 4) is 6.07 Å². The summed E-state index contributed by atoms with van der Waals surface area (Å²) < 4.78 is 5.43. The molecule has 0 bridgehead atoms. The van der Waals surface area contributed by atoms with Gasteiger partial charge in [-0.3, -0.25) is 4.79 Å². The summed E-state index contributed by atoms with van der Waals surface area (Å²) in [6.45, 7) is 4.42. The molecule has 0 aromatic carbocycles. The van der Waals surface area contributed by atoms with Gasteiger partial charge < -0.3 is 10.1 Å². The number of nitriles is 1. The Hall–Kier alpha value is -1.08. The lowest BCUT2D eigenvalue weighted by atomic mass is 10.0. The maximum atomic E-state index is 11.9. The van der Waals surface area contributed by atoms with Crippen LogP contribution in [0.25, 0.3) is 0 Å². The van der Waals surface area contributed by atoms with Crippen molar-refractivity contribution in [2.75, 3.05) is 6.61 Å². The zero-order valence-electron chi connectivity index (χ0n) is 9.38. The molecule has 0 spiro atoms. The van der Waals surface area contributed by atoms with Crippen molar-refractivity contribution in [2.45, 2.75) is 51.2 Å². The van der Waals surface area contributed by atoms with Gasteiger partial charge in [-0.2, -0.15) is 5.26 Å². The van der Waals surface area contributed by atoms with E-state index in [4.69, 9.17) is 10.00 Å². The van der Waals surface area contributed by atoms with Gasteiger partial charge in [-0.25, -0.2) is 0 Å². The highest BCUT2D eigenvalue weighted by Crippen LogP contribution is 2.25. The molecular formula is C11H18N2O2. The minimum atomic E-state index is -0.678. The Balaban J connectivity index is 2.50. The van der Waals surface area contributed by atoms with Crippen molar-refractivity contribution in [1.29, 1.82) is 5.26 Å². The van der Waals surface area contributed by atoms with Crippen molar-refractivity contribution in [2.24, 2.45) is 0 Å². The van der Waals surface area contributed by atoms with Gasteiger partial charge >= 0.3 is 0 Å². The van der Waals surface area contributed by atoms with Crippen LogP contribution in [0.15, 0.2) is 0 Å². The summed E-state index contributed by atoms with van der Waals surface area (Å²) in [7, 11) is 0. The number of carbonyl (C=O) groups is 1. The average molecular weight is 210 g/mol. The first-order valence-corrected chi connectivity index (χ1v) is 5.44. The van der Waals surface area contributed by atoms with Crippen molar-refractivity contribution in [3.63, 3.8) is 0 Å². The van der Waals surface area contributed by atoms with Gasteiger partial charge in [0, 0.05) is 12.6 Å². The van der Waals surface area contributed by atoms with Crippen LogP contribution in [0.4, 0.5) is 0 Å². The number of nitrogens with zero attached hydrogens (tertiary/aromatic N) is 1. The van der Waals surface area contributed by atoms with E-state index in [9.17, 15) is 4.79 Å². The zero-order chi connectivity index (χ0) is 11.3. The number of hydrogen-bond acceptors (Lipinski definition) is 3. The van der Waals surface area contributed by atoms with Crippen LogP contribution >= 0.6 is 0 Å². The SMILES string of the molecule is CCC(CC#N)NC(=O)C1(C)CCCO1. The number of nitrogens with one attached hydrogen (secondary N) is 1. The summed E-state index contributed by atoms with van der Waals surface area (Å²) >= 11 is 0. The smallest absolute Gasteiger partial charge is 0.252 e. The topological polar surface area (TPSA) is 62.1 Å². The third-order valence-corrected chi connectivity index (χ3v) is 2.86. The van der Waals surface area contributed by atoms with E-state index in [1.807, 2.05) is 13.8 Å². The van der Waals surface area contributed by atoms with Crippen molar-refractivity contribution >= 4 is 5.91 Å². The molecule has 0 aliphatic carbocycles. The second kappa shape index (κ2) is 5.13. The fourth-order valence-corrected chi connectivity index (χ4v) is 1.70. The molecule has 84 valence electrons. The predicted octanol–water partition coefficient (Wildman–Crippen LogP) is 1.36. The van der Waals surface area contributed by atoms with Crippen LogP contribution in [0, 0.1) is 11.3 Å². The van der Waals surface area contributed by atoms with E-state index < -0.39 is 5.60 Å². The third kappa shape index (κ3) is 2.93. The molecule has 1 N–H and O–H groups in total. The molecule has 1 saturated heterocycles. The standard InChI is InChI=1S/C11H18N2O2/c1-3-9(5-7-12)13-10(14)11(2)6-4-8-15-11/h9H,3-6,8H2,1-2H3,(H,13,14). The fourth-order valence-electron chi connectivity index (χ4n) is 1.70. The van der Waals surface area contributed by atoms with Gasteiger partial charge in [0.1, 0.15) is 5.60 Å². The number of rotatable bonds is 4. The largest absolute Gasteiger partial charge is 0.365 e. The Bertz CT molecular complexity index is 264. The minimum absolute atomic E-state index is 0.0523. The highest BCUT2D eigenvalue weighted by atomic mass is 16.5. The van der Waals surface area contributed by atoms with Gasteiger partial charge in [-0.15, -0.1) is 0 Å². The number of amides is 1. The predicted molar refractivity (Wildman–Crippen MR) is 56.0 cm³/mol. The van der Waals surface area contributed by atoms with E-state index in [2.05, 4.69) is 11.4 Å². The summed E-state index contributed by atoms with van der Waals surface area (Å²) in [5, 5.41) is 11.4. The molecule has 1 heterocycles. The molecule has 1 aliphatic rings. The normalized spacial score (nSPS) is 27.0. The van der Waals surface area contributed by atoms with Crippen LogP contribution in [0.3, 0.4) is 0 Å². The number of ether oxygens (including phenoxy) is 1. The molecule has 4 heteroatoms. The summed E-state index contributed by atoms with van der Waals surface area (Å²) in [4.78, 5) is 11.9. The number of carbonyl (C=O) groups excluding carboxylic acids is 1. The molecule has 0 aromatic heterocycles. The highest BCUT2D eigenvalue weighted by Gasteiger charge is 2.38. The van der Waals surface area contributed by atoms with Crippen LogP contribution in [-0.2, 0) is 9.53 Å². The quantitative estimate of drug-likeness (QED) is 0.762. The summed E-state index contributed by atoms with van der Waals surface area (Å²) in [6.07, 6.45) is 2.83. The van der Waals surface area contributed by atoms with Gasteiger partial charge in [0.2, 0.25) is 0 Å². The molecule has 0 radical (unpaired) electrons. The van der Waals surface area contributed by atoms with Crippen molar-refractivity contribution in [1.82, 2.24) is 5.32 Å². The van der Waals surface area contributed by atoms with Crippen LogP contribution in [0.2, 0.25) is 0 Å². The molecule has 1 fully saturated rings. The first-order valence-electron chi connectivity index (χ1n) is 5.44. The Morgan fingerprint density at radius 3 is 2.93 bits per heavy atom. The van der Waals surface area contributed by atoms with Gasteiger partial charge in [0.05, 0.1) is 12.5 Å². The van der Waals surface area contributed by atoms with Crippen molar-refractivity contribution < 1.29 is 9.53 Å². The molecular weight excluding hydrogens is 192 g/mol. The summed E-state index contributed by atoms with van der Waals surface area (Å²) in [5.41, 5.74) is -0.678. The van der Waals surface area contributed by atoms with Gasteiger partial charge in [0.15, 0.2) is 0 Å². The monoisotopic (exact) mass is 210 g/mol. The molecule has 1 aliphatic heterocycles. The Labute approximate surface area is 90.6 Å². The fraction of sp³-hybridized carbons (Fsp3) is 0.818. The molecule has 4 nitrogen and oxygen atoms in total. The van der Waals surface area contributed by atoms with Crippen LogP contribution in [0.1, 0.15) is 39.5 Å². The lowest BCUT2D eigenvalue weighted by Gasteiger charge is -2.24. The molecule has 15 heavy (non-hydrogen) atoms. The van der Waals surface area contributed by atoms with E-state index in [1.54, 1.807) is 0 Å². The molecule has 0 saturated carbocycles. The lowest BCUT2D eigenvalue weighted by molar-refractivity contribution is -0.140. The highest BCUT2D eigenvalue weighted by molar-refractivity contribution is 5.85. The maximum Gasteiger partial charge on any atom is 0.252 e. The summed E-state index contributed by atoms with van der Waals surface area (Å²) in [6, 6.07) is 2.02. The van der Waals surface area contributed by atoms with Gasteiger partial charge in [-0.1, -0.05) is 6.92 Å². The van der Waals surface area contributed by atoms with E-state index in [0.29, 0.717) is 13.0 Å². The van der Waals surface area contributed by atoms with E-state index >= 15 is 0 Å². The third-order valence-electron chi connectivity index (χ3n) is 2.86. The average Bonchev–Trinajstić information content (AvgIpc) is 2.65. The minimum Gasteiger partial charge on any atom is -0.365 e. The first-order chi connectivity index (χ1) is 7.12. The molecule has 2 unspecified atom stereocenters. The first kappa shape index (κ1) is 12.0. The van der Waals surface area contributed by atoms with E-state index in [1.165, 1.54) is 0 Å². The Morgan fingerprint density at radius 2 is 2.47 bits per heavy atom. The maximum absolute atomic E-state index is 11.9. The van der Waals surface area contributed by atoms with Crippen LogP contribution in [-0.4, -0.2) is 24.2 Å². The molecule has 0 aromatic rings.